The van der Waals surface area contributed by atoms with Crippen LogP contribution in [0.4, 0.5) is 0 Å². The molecular formula is C15H26N2O. The first kappa shape index (κ1) is 15.2. The van der Waals surface area contributed by atoms with Crippen molar-refractivity contribution >= 4 is 0 Å². The molecule has 0 aromatic heterocycles. The SMILES string of the molecule is Cc1cc(C)cc(CNCC(C)(O)CN(C)C)c1. The topological polar surface area (TPSA) is 35.5 Å². The smallest absolute Gasteiger partial charge is 0.0869 e. The molecule has 0 amide bonds. The van der Waals surface area contributed by atoms with E-state index in [9.17, 15) is 5.11 Å². The summed E-state index contributed by atoms with van der Waals surface area (Å²) in [4.78, 5) is 2.00. The van der Waals surface area contributed by atoms with E-state index in [4.69, 9.17) is 0 Å². The number of aliphatic hydroxyl groups is 1. The maximum atomic E-state index is 10.2. The molecule has 0 radical (unpaired) electrons. The molecule has 0 saturated carbocycles. The predicted molar refractivity (Wildman–Crippen MR) is 76.8 cm³/mol. The van der Waals surface area contributed by atoms with Gasteiger partial charge in [-0.05, 0) is 40.4 Å². The Morgan fingerprint density at radius 2 is 1.72 bits per heavy atom. The molecule has 1 rings (SSSR count). The van der Waals surface area contributed by atoms with E-state index in [1.54, 1.807) is 0 Å². The van der Waals surface area contributed by atoms with Gasteiger partial charge in [-0.25, -0.2) is 0 Å². The van der Waals surface area contributed by atoms with Crippen LogP contribution in [0.2, 0.25) is 0 Å². The van der Waals surface area contributed by atoms with Gasteiger partial charge in [0.25, 0.3) is 0 Å². The molecule has 1 unspecified atom stereocenters. The Labute approximate surface area is 111 Å². The van der Waals surface area contributed by atoms with E-state index in [0.29, 0.717) is 13.1 Å². The highest BCUT2D eigenvalue weighted by Gasteiger charge is 2.20. The van der Waals surface area contributed by atoms with Crippen LogP contribution in [0, 0.1) is 13.8 Å². The highest BCUT2D eigenvalue weighted by atomic mass is 16.3. The molecular weight excluding hydrogens is 224 g/mol. The Hall–Kier alpha value is -0.900. The lowest BCUT2D eigenvalue weighted by Gasteiger charge is -2.27. The molecule has 0 saturated heterocycles. The van der Waals surface area contributed by atoms with Crippen molar-refractivity contribution < 1.29 is 5.11 Å². The molecule has 102 valence electrons. The van der Waals surface area contributed by atoms with Gasteiger partial charge in [0.2, 0.25) is 0 Å². The lowest BCUT2D eigenvalue weighted by Crippen LogP contribution is -2.45. The Kier molecular flexibility index (Phi) is 5.32. The number of hydrogen-bond donors (Lipinski definition) is 2. The maximum absolute atomic E-state index is 10.2. The summed E-state index contributed by atoms with van der Waals surface area (Å²) in [5, 5.41) is 13.5. The Bertz CT molecular complexity index is 366. The van der Waals surface area contributed by atoms with Crippen molar-refractivity contribution in [1.29, 1.82) is 0 Å². The van der Waals surface area contributed by atoms with Crippen LogP contribution in [-0.2, 0) is 6.54 Å². The summed E-state index contributed by atoms with van der Waals surface area (Å²) in [6.07, 6.45) is 0. The zero-order chi connectivity index (χ0) is 13.8. The Morgan fingerprint density at radius 1 is 1.17 bits per heavy atom. The molecule has 0 fully saturated rings. The summed E-state index contributed by atoms with van der Waals surface area (Å²) in [5.41, 5.74) is 3.15. The van der Waals surface area contributed by atoms with Crippen molar-refractivity contribution in [3.05, 3.63) is 34.9 Å². The van der Waals surface area contributed by atoms with Gasteiger partial charge in [-0.1, -0.05) is 29.3 Å². The van der Waals surface area contributed by atoms with E-state index in [0.717, 1.165) is 6.54 Å². The number of likely N-dealkylation sites (N-methyl/N-ethyl adjacent to an activating group) is 1. The molecule has 1 aromatic carbocycles. The standard InChI is InChI=1S/C15H26N2O/c1-12-6-13(2)8-14(7-12)9-16-10-15(3,18)11-17(4)5/h6-8,16,18H,9-11H2,1-5H3. The maximum Gasteiger partial charge on any atom is 0.0869 e. The summed E-state index contributed by atoms with van der Waals surface area (Å²) in [6, 6.07) is 6.53. The fourth-order valence-corrected chi connectivity index (χ4v) is 2.38. The highest BCUT2D eigenvalue weighted by molar-refractivity contribution is 5.28. The van der Waals surface area contributed by atoms with Gasteiger partial charge in [-0.15, -0.1) is 0 Å². The zero-order valence-corrected chi connectivity index (χ0v) is 12.2. The van der Waals surface area contributed by atoms with E-state index in [1.807, 2.05) is 25.9 Å². The molecule has 1 atom stereocenters. The monoisotopic (exact) mass is 250 g/mol. The Morgan fingerprint density at radius 3 is 2.22 bits per heavy atom. The van der Waals surface area contributed by atoms with Gasteiger partial charge >= 0.3 is 0 Å². The lowest BCUT2D eigenvalue weighted by atomic mass is 10.1. The summed E-state index contributed by atoms with van der Waals surface area (Å²) >= 11 is 0. The largest absolute Gasteiger partial charge is 0.388 e. The van der Waals surface area contributed by atoms with Gasteiger partial charge in [0.05, 0.1) is 5.60 Å². The zero-order valence-electron chi connectivity index (χ0n) is 12.2. The number of nitrogens with zero attached hydrogens (tertiary/aromatic N) is 1. The van der Waals surface area contributed by atoms with E-state index < -0.39 is 5.60 Å². The molecule has 0 heterocycles. The van der Waals surface area contributed by atoms with Crippen molar-refractivity contribution in [2.24, 2.45) is 0 Å². The first-order chi connectivity index (χ1) is 8.28. The molecule has 18 heavy (non-hydrogen) atoms. The predicted octanol–water partition coefficient (Wildman–Crippen LogP) is 1.71. The fourth-order valence-electron chi connectivity index (χ4n) is 2.38. The van der Waals surface area contributed by atoms with Crippen LogP contribution in [-0.4, -0.2) is 42.8 Å². The third-order valence-electron chi connectivity index (χ3n) is 2.77. The van der Waals surface area contributed by atoms with Crippen molar-refractivity contribution in [3.63, 3.8) is 0 Å². The first-order valence-corrected chi connectivity index (χ1v) is 6.43. The second-order valence-electron chi connectivity index (χ2n) is 5.83. The number of hydrogen-bond acceptors (Lipinski definition) is 3. The third kappa shape index (κ3) is 5.63. The first-order valence-electron chi connectivity index (χ1n) is 6.43. The van der Waals surface area contributed by atoms with E-state index in [-0.39, 0.29) is 0 Å². The minimum atomic E-state index is -0.692. The number of rotatable bonds is 6. The third-order valence-corrected chi connectivity index (χ3v) is 2.77. The van der Waals surface area contributed by atoms with Crippen LogP contribution < -0.4 is 5.32 Å². The normalized spacial score (nSPS) is 14.8. The Balaban J connectivity index is 2.46. The quantitative estimate of drug-likeness (QED) is 0.807. The van der Waals surface area contributed by atoms with Crippen LogP contribution in [0.1, 0.15) is 23.6 Å². The van der Waals surface area contributed by atoms with Gasteiger partial charge in [-0.3, -0.25) is 0 Å². The molecule has 1 aromatic rings. The van der Waals surface area contributed by atoms with Crippen LogP contribution >= 0.6 is 0 Å². The minimum absolute atomic E-state index is 0.595. The summed E-state index contributed by atoms with van der Waals surface area (Å²) in [5.74, 6) is 0. The fraction of sp³-hybridized carbons (Fsp3) is 0.600. The molecule has 3 nitrogen and oxygen atoms in total. The molecule has 0 aliphatic carbocycles. The number of aryl methyl sites for hydroxylation is 2. The summed E-state index contributed by atoms with van der Waals surface area (Å²) in [7, 11) is 3.94. The number of benzene rings is 1. The molecule has 0 aliphatic rings. The van der Waals surface area contributed by atoms with E-state index >= 15 is 0 Å². The lowest BCUT2D eigenvalue weighted by molar-refractivity contribution is 0.0336. The van der Waals surface area contributed by atoms with Gasteiger partial charge in [0, 0.05) is 19.6 Å². The van der Waals surface area contributed by atoms with Gasteiger partial charge in [0.1, 0.15) is 0 Å². The average molecular weight is 250 g/mol. The summed E-state index contributed by atoms with van der Waals surface area (Å²) < 4.78 is 0. The van der Waals surface area contributed by atoms with E-state index in [1.165, 1.54) is 16.7 Å². The summed E-state index contributed by atoms with van der Waals surface area (Å²) in [6.45, 7) is 8.13. The van der Waals surface area contributed by atoms with Crippen LogP contribution in [0.5, 0.6) is 0 Å². The second-order valence-corrected chi connectivity index (χ2v) is 5.83. The van der Waals surface area contributed by atoms with E-state index in [2.05, 4.69) is 37.4 Å². The molecule has 3 heteroatoms. The molecule has 2 N–H and O–H groups in total. The van der Waals surface area contributed by atoms with Gasteiger partial charge in [0.15, 0.2) is 0 Å². The van der Waals surface area contributed by atoms with Crippen LogP contribution in [0.15, 0.2) is 18.2 Å². The van der Waals surface area contributed by atoms with Crippen molar-refractivity contribution in [3.8, 4) is 0 Å². The van der Waals surface area contributed by atoms with Gasteiger partial charge < -0.3 is 15.3 Å². The highest BCUT2D eigenvalue weighted by Crippen LogP contribution is 2.09. The second kappa shape index (κ2) is 6.32. The van der Waals surface area contributed by atoms with Crippen LogP contribution in [0.25, 0.3) is 0 Å². The molecule has 0 bridgehead atoms. The van der Waals surface area contributed by atoms with Crippen molar-refractivity contribution in [2.45, 2.75) is 32.9 Å². The molecule has 0 spiro atoms. The molecule has 0 aliphatic heterocycles. The average Bonchev–Trinajstić information content (AvgIpc) is 2.12. The van der Waals surface area contributed by atoms with Crippen LogP contribution in [0.3, 0.4) is 0 Å². The minimum Gasteiger partial charge on any atom is -0.388 e. The number of nitrogens with one attached hydrogen (secondary N) is 1. The van der Waals surface area contributed by atoms with Crippen molar-refractivity contribution in [1.82, 2.24) is 10.2 Å². The van der Waals surface area contributed by atoms with Gasteiger partial charge in [-0.2, -0.15) is 0 Å². The van der Waals surface area contributed by atoms with Crippen molar-refractivity contribution in [2.75, 3.05) is 27.2 Å².